The molecule has 4 aliphatic heterocycles. The van der Waals surface area contributed by atoms with Crippen LogP contribution in [-0.2, 0) is 14.4 Å². The van der Waals surface area contributed by atoms with Crippen LogP contribution in [-0.4, -0.2) is 90.9 Å². The van der Waals surface area contributed by atoms with Gasteiger partial charge in [0.15, 0.2) is 0 Å². The number of nitrogens with zero attached hydrogens (tertiary/aromatic N) is 3. The van der Waals surface area contributed by atoms with Gasteiger partial charge in [0, 0.05) is 29.9 Å². The summed E-state index contributed by atoms with van der Waals surface area (Å²) in [7, 11) is 0. The van der Waals surface area contributed by atoms with Crippen LogP contribution < -0.4 is 0 Å². The molecule has 0 radical (unpaired) electrons. The van der Waals surface area contributed by atoms with Crippen molar-refractivity contribution in [1.29, 1.82) is 0 Å². The van der Waals surface area contributed by atoms with Crippen LogP contribution in [0.5, 0.6) is 0 Å². The number of rotatable bonds is 4. The highest BCUT2D eigenvalue weighted by atomic mass is 32.2. The number of hydrogen-bond acceptors (Lipinski definition) is 5. The lowest BCUT2D eigenvalue weighted by Gasteiger charge is -2.42. The van der Waals surface area contributed by atoms with Gasteiger partial charge >= 0.3 is 0 Å². The lowest BCUT2D eigenvalue weighted by Crippen LogP contribution is -2.59. The molecule has 3 amide bonds. The summed E-state index contributed by atoms with van der Waals surface area (Å²) in [5.74, 6) is -1.53. The molecule has 0 saturated carbocycles. The molecule has 0 aromatic heterocycles. The number of aliphatic hydroxyl groups excluding tert-OH is 1. The molecule has 1 spiro atoms. The van der Waals surface area contributed by atoms with E-state index in [1.807, 2.05) is 62.6 Å². The third-order valence-electron chi connectivity index (χ3n) is 7.62. The van der Waals surface area contributed by atoms with Crippen LogP contribution in [0.3, 0.4) is 0 Å². The number of fused-ring (bicyclic) bond motifs is 2. The minimum atomic E-state index is -0.855. The van der Waals surface area contributed by atoms with E-state index >= 15 is 0 Å². The largest absolute Gasteiger partial charge is 0.394 e. The lowest BCUT2D eigenvalue weighted by atomic mass is 9.74. The molecular formula is C25H37N3O4S. The zero-order valence-corrected chi connectivity index (χ0v) is 21.4. The Hall–Kier alpha value is -1.80. The van der Waals surface area contributed by atoms with E-state index in [0.717, 1.165) is 6.42 Å². The first-order chi connectivity index (χ1) is 15.4. The van der Waals surface area contributed by atoms with Crippen LogP contribution in [0.4, 0.5) is 0 Å². The molecule has 2 saturated heterocycles. The Kier molecular flexibility index (Phi) is 6.01. The first-order valence-electron chi connectivity index (χ1n) is 12.0. The van der Waals surface area contributed by atoms with Crippen LogP contribution >= 0.6 is 11.8 Å². The third-order valence-corrected chi connectivity index (χ3v) is 9.42. The van der Waals surface area contributed by atoms with Crippen LogP contribution in [0.15, 0.2) is 24.3 Å². The van der Waals surface area contributed by atoms with Crippen molar-refractivity contribution in [1.82, 2.24) is 14.7 Å². The molecule has 33 heavy (non-hydrogen) atoms. The van der Waals surface area contributed by atoms with Crippen molar-refractivity contribution in [3.05, 3.63) is 24.3 Å². The number of carbonyl (C=O) groups is 3. The summed E-state index contributed by atoms with van der Waals surface area (Å²) in [5, 5.41) is 10.0. The standard InChI is InChI=1S/C25H37N3O4S/c1-7-12-26-13-8-10-24(6)17(20(26)30)18-21(31)28(16(2)15-29)19-22(32)27(23(3,4)5)14-9-11-25(18,19)33-24/h8-11,16-19,29H,7,12-15H2,1-6H3/t16-,17-,18+,19?,24+,25+/m1/s1. The fourth-order valence-electron chi connectivity index (χ4n) is 6.15. The minimum Gasteiger partial charge on any atom is -0.394 e. The van der Waals surface area contributed by atoms with Gasteiger partial charge in [-0.2, -0.15) is 0 Å². The van der Waals surface area contributed by atoms with Crippen LogP contribution in [0.2, 0.25) is 0 Å². The Morgan fingerprint density at radius 3 is 2.36 bits per heavy atom. The fourth-order valence-corrected chi connectivity index (χ4v) is 8.29. The summed E-state index contributed by atoms with van der Waals surface area (Å²) in [6.45, 7) is 13.2. The Bertz CT molecular complexity index is 912. The summed E-state index contributed by atoms with van der Waals surface area (Å²) >= 11 is 1.59. The predicted octanol–water partition coefficient (Wildman–Crippen LogP) is 2.06. The van der Waals surface area contributed by atoms with Crippen LogP contribution in [0.25, 0.3) is 0 Å². The molecule has 182 valence electrons. The lowest BCUT2D eigenvalue weighted by molar-refractivity contribution is -0.148. The van der Waals surface area contributed by atoms with Crippen molar-refractivity contribution in [2.24, 2.45) is 11.8 Å². The van der Waals surface area contributed by atoms with Crippen molar-refractivity contribution < 1.29 is 19.5 Å². The first-order valence-corrected chi connectivity index (χ1v) is 12.8. The molecule has 4 heterocycles. The summed E-state index contributed by atoms with van der Waals surface area (Å²) in [5.41, 5.74) is -0.423. The maximum absolute atomic E-state index is 14.1. The predicted molar refractivity (Wildman–Crippen MR) is 130 cm³/mol. The molecule has 2 fully saturated rings. The Labute approximate surface area is 201 Å². The highest BCUT2D eigenvalue weighted by Gasteiger charge is 2.74. The van der Waals surface area contributed by atoms with Gasteiger partial charge < -0.3 is 19.8 Å². The number of thioether (sulfide) groups is 1. The molecule has 6 atom stereocenters. The van der Waals surface area contributed by atoms with E-state index in [4.69, 9.17) is 0 Å². The quantitative estimate of drug-likeness (QED) is 0.630. The highest BCUT2D eigenvalue weighted by molar-refractivity contribution is 8.02. The molecule has 4 rings (SSSR count). The molecular weight excluding hydrogens is 438 g/mol. The Morgan fingerprint density at radius 1 is 1.09 bits per heavy atom. The average Bonchev–Trinajstić information content (AvgIpc) is 3.01. The fraction of sp³-hybridized carbons (Fsp3) is 0.720. The SMILES string of the molecule is CCCN1CC=C[C@]2(C)S[C@]34C=CCN(C(C)(C)C)C(=O)C3N([C@H](C)CO)C(=O)[C@@H]4[C@@H]2C1=O. The third kappa shape index (κ3) is 3.47. The molecule has 4 aliphatic rings. The van der Waals surface area contributed by atoms with Crippen molar-refractivity contribution >= 4 is 29.5 Å². The zero-order chi connectivity index (χ0) is 24.3. The van der Waals surface area contributed by atoms with Crippen molar-refractivity contribution in [2.75, 3.05) is 26.2 Å². The Morgan fingerprint density at radius 2 is 1.76 bits per heavy atom. The first kappa shape index (κ1) is 24.3. The van der Waals surface area contributed by atoms with E-state index in [1.165, 1.54) is 0 Å². The van der Waals surface area contributed by atoms with Gasteiger partial charge in [-0.3, -0.25) is 14.4 Å². The van der Waals surface area contributed by atoms with Gasteiger partial charge in [0.25, 0.3) is 0 Å². The molecule has 8 heteroatoms. The molecule has 0 aromatic rings. The topological polar surface area (TPSA) is 81.2 Å². The normalized spacial score (nSPS) is 37.1. The van der Waals surface area contributed by atoms with Gasteiger partial charge in [-0.05, 0) is 41.0 Å². The molecule has 0 aromatic carbocycles. The summed E-state index contributed by atoms with van der Waals surface area (Å²) in [4.78, 5) is 47.3. The second kappa shape index (κ2) is 8.15. The van der Waals surface area contributed by atoms with Crippen LogP contribution in [0, 0.1) is 11.8 Å². The highest BCUT2D eigenvalue weighted by Crippen LogP contribution is 2.65. The van der Waals surface area contributed by atoms with E-state index in [-0.39, 0.29) is 24.3 Å². The number of amides is 3. The molecule has 1 N–H and O–H groups in total. The molecule has 7 nitrogen and oxygen atoms in total. The summed E-state index contributed by atoms with van der Waals surface area (Å²) in [6, 6.07) is -1.28. The maximum atomic E-state index is 14.1. The molecule has 1 unspecified atom stereocenters. The van der Waals surface area contributed by atoms with Crippen molar-refractivity contribution in [2.45, 2.75) is 75.1 Å². The van der Waals surface area contributed by atoms with Crippen molar-refractivity contribution in [3.8, 4) is 0 Å². The zero-order valence-electron chi connectivity index (χ0n) is 20.6. The van der Waals surface area contributed by atoms with E-state index < -0.39 is 39.0 Å². The molecule has 0 bridgehead atoms. The average molecular weight is 476 g/mol. The maximum Gasteiger partial charge on any atom is 0.247 e. The summed E-state index contributed by atoms with van der Waals surface area (Å²) < 4.78 is -1.44. The van der Waals surface area contributed by atoms with E-state index in [2.05, 4.69) is 6.08 Å². The number of aliphatic hydroxyl groups is 1. The minimum absolute atomic E-state index is 0.0119. The van der Waals surface area contributed by atoms with Gasteiger partial charge in [-0.1, -0.05) is 31.2 Å². The van der Waals surface area contributed by atoms with Crippen LogP contribution in [0.1, 0.15) is 48.0 Å². The van der Waals surface area contributed by atoms with Gasteiger partial charge in [0.05, 0.1) is 29.2 Å². The van der Waals surface area contributed by atoms with Gasteiger partial charge in [-0.25, -0.2) is 0 Å². The van der Waals surface area contributed by atoms with Gasteiger partial charge in [-0.15, -0.1) is 11.8 Å². The van der Waals surface area contributed by atoms with Gasteiger partial charge in [0.1, 0.15) is 6.04 Å². The summed E-state index contributed by atoms with van der Waals surface area (Å²) in [6.07, 6.45) is 8.99. The number of likely N-dealkylation sites (tertiary alicyclic amines) is 1. The van der Waals surface area contributed by atoms with Gasteiger partial charge in [0.2, 0.25) is 17.7 Å². The second-order valence-corrected chi connectivity index (χ2v) is 12.8. The van der Waals surface area contributed by atoms with E-state index in [0.29, 0.717) is 19.6 Å². The number of hydrogen-bond donors (Lipinski definition) is 1. The Balaban J connectivity index is 1.90. The van der Waals surface area contributed by atoms with E-state index in [1.54, 1.807) is 23.6 Å². The smallest absolute Gasteiger partial charge is 0.247 e. The number of carbonyl (C=O) groups excluding carboxylic acids is 3. The molecule has 0 aliphatic carbocycles. The monoisotopic (exact) mass is 475 g/mol. The van der Waals surface area contributed by atoms with E-state index in [9.17, 15) is 19.5 Å². The van der Waals surface area contributed by atoms with Crippen molar-refractivity contribution in [3.63, 3.8) is 0 Å². The second-order valence-electron chi connectivity index (χ2n) is 11.0.